The fourth-order valence-electron chi connectivity index (χ4n) is 3.01. The minimum Gasteiger partial charge on any atom is -0.485 e. The lowest BCUT2D eigenvalue weighted by Crippen LogP contribution is -2.47. The summed E-state index contributed by atoms with van der Waals surface area (Å²) in [7, 11) is 0. The Kier molecular flexibility index (Phi) is 5.27. The molecular weight excluding hydrogens is 314 g/mol. The van der Waals surface area contributed by atoms with Gasteiger partial charge in [-0.2, -0.15) is 0 Å². The fraction of sp³-hybridized carbons (Fsp3) is 0.381. The molecule has 1 heterocycles. The number of ether oxygens (including phenoxy) is 2. The van der Waals surface area contributed by atoms with Crippen molar-refractivity contribution in [3.05, 3.63) is 59.7 Å². The smallest absolute Gasteiger partial charge is 0.267 e. The summed E-state index contributed by atoms with van der Waals surface area (Å²) < 4.78 is 11.6. The van der Waals surface area contributed by atoms with Gasteiger partial charge in [-0.15, -0.1) is 0 Å². The van der Waals surface area contributed by atoms with Gasteiger partial charge in [0, 0.05) is 13.1 Å². The Morgan fingerprint density at radius 1 is 1.12 bits per heavy atom. The maximum atomic E-state index is 13.1. The third-order valence-corrected chi connectivity index (χ3v) is 4.30. The van der Waals surface area contributed by atoms with E-state index in [2.05, 4.69) is 32.9 Å². The summed E-state index contributed by atoms with van der Waals surface area (Å²) in [5, 5.41) is 0. The average Bonchev–Trinajstić information content (AvgIpc) is 2.61. The van der Waals surface area contributed by atoms with E-state index < -0.39 is 6.10 Å². The standard InChI is InChI=1S/C21H25NO3/c1-15(2)12-22(13-17-9-5-4-8-16(17)3)21(23)20-14-24-18-10-6-7-11-19(18)25-20/h4-11,15,20H,12-14H2,1-3H3/t20-/m0/s1. The van der Waals surface area contributed by atoms with Crippen molar-refractivity contribution in [3.63, 3.8) is 0 Å². The summed E-state index contributed by atoms with van der Waals surface area (Å²) in [5.41, 5.74) is 2.35. The topological polar surface area (TPSA) is 38.8 Å². The number of benzene rings is 2. The second kappa shape index (κ2) is 7.60. The summed E-state index contributed by atoms with van der Waals surface area (Å²) >= 11 is 0. The number of hydrogen-bond donors (Lipinski definition) is 0. The Hall–Kier alpha value is -2.49. The maximum absolute atomic E-state index is 13.1. The summed E-state index contributed by atoms with van der Waals surface area (Å²) in [4.78, 5) is 15.0. The first-order chi connectivity index (χ1) is 12.0. The third-order valence-electron chi connectivity index (χ3n) is 4.30. The Balaban J connectivity index is 1.77. The van der Waals surface area contributed by atoms with Gasteiger partial charge in [0.2, 0.25) is 6.10 Å². The van der Waals surface area contributed by atoms with Crippen LogP contribution in [0.2, 0.25) is 0 Å². The number of carbonyl (C=O) groups is 1. The molecule has 0 radical (unpaired) electrons. The van der Waals surface area contributed by atoms with Gasteiger partial charge in [0.15, 0.2) is 11.5 Å². The second-order valence-electron chi connectivity index (χ2n) is 6.90. The van der Waals surface area contributed by atoms with E-state index in [1.165, 1.54) is 5.56 Å². The normalized spacial score (nSPS) is 15.9. The number of hydrogen-bond acceptors (Lipinski definition) is 3. The number of carbonyl (C=O) groups excluding carboxylic acids is 1. The molecule has 0 saturated heterocycles. The molecule has 1 amide bonds. The number of fused-ring (bicyclic) bond motifs is 1. The van der Waals surface area contributed by atoms with Gasteiger partial charge in [-0.3, -0.25) is 4.79 Å². The highest BCUT2D eigenvalue weighted by Crippen LogP contribution is 2.31. The van der Waals surface area contributed by atoms with Crippen LogP contribution in [0.4, 0.5) is 0 Å². The van der Waals surface area contributed by atoms with Gasteiger partial charge in [0.05, 0.1) is 0 Å². The van der Waals surface area contributed by atoms with E-state index in [4.69, 9.17) is 9.47 Å². The molecule has 0 fully saturated rings. The van der Waals surface area contributed by atoms with Crippen LogP contribution in [0.15, 0.2) is 48.5 Å². The zero-order valence-corrected chi connectivity index (χ0v) is 15.1. The monoisotopic (exact) mass is 339 g/mol. The van der Waals surface area contributed by atoms with Crippen LogP contribution < -0.4 is 9.47 Å². The van der Waals surface area contributed by atoms with E-state index in [1.54, 1.807) is 0 Å². The SMILES string of the molecule is Cc1ccccc1CN(CC(C)C)C(=O)[C@@H]1COc2ccccc2O1. The zero-order valence-electron chi connectivity index (χ0n) is 15.1. The van der Waals surface area contributed by atoms with Gasteiger partial charge in [0.25, 0.3) is 5.91 Å². The first-order valence-electron chi connectivity index (χ1n) is 8.76. The molecule has 0 spiro atoms. The highest BCUT2D eigenvalue weighted by molar-refractivity contribution is 5.82. The Labute approximate surface area is 149 Å². The fourth-order valence-corrected chi connectivity index (χ4v) is 3.01. The van der Waals surface area contributed by atoms with Crippen LogP contribution in [-0.4, -0.2) is 30.1 Å². The molecule has 3 rings (SSSR count). The lowest BCUT2D eigenvalue weighted by molar-refractivity contribution is -0.142. The van der Waals surface area contributed by atoms with Gasteiger partial charge in [-0.1, -0.05) is 50.2 Å². The summed E-state index contributed by atoms with van der Waals surface area (Å²) in [6.45, 7) is 7.83. The average molecular weight is 339 g/mol. The van der Waals surface area contributed by atoms with Gasteiger partial charge in [-0.05, 0) is 36.1 Å². The van der Waals surface area contributed by atoms with Crippen LogP contribution in [0.25, 0.3) is 0 Å². The number of aryl methyl sites for hydroxylation is 1. The van der Waals surface area contributed by atoms with Crippen LogP contribution in [0, 0.1) is 12.8 Å². The van der Waals surface area contributed by atoms with Crippen molar-refractivity contribution < 1.29 is 14.3 Å². The molecule has 2 aromatic rings. The molecule has 25 heavy (non-hydrogen) atoms. The molecule has 132 valence electrons. The maximum Gasteiger partial charge on any atom is 0.267 e. The molecule has 1 atom stereocenters. The molecule has 0 aliphatic carbocycles. The lowest BCUT2D eigenvalue weighted by Gasteiger charge is -2.32. The van der Waals surface area contributed by atoms with E-state index in [9.17, 15) is 4.79 Å². The zero-order chi connectivity index (χ0) is 17.8. The molecule has 0 bridgehead atoms. The molecule has 1 aliphatic heterocycles. The van der Waals surface area contributed by atoms with Crippen LogP contribution in [-0.2, 0) is 11.3 Å². The van der Waals surface area contributed by atoms with E-state index in [1.807, 2.05) is 41.3 Å². The van der Waals surface area contributed by atoms with Crippen molar-refractivity contribution in [1.29, 1.82) is 0 Å². The van der Waals surface area contributed by atoms with Crippen molar-refractivity contribution in [3.8, 4) is 11.5 Å². The van der Waals surface area contributed by atoms with Crippen LogP contribution in [0.3, 0.4) is 0 Å². The van der Waals surface area contributed by atoms with Gasteiger partial charge in [-0.25, -0.2) is 0 Å². The number of amides is 1. The second-order valence-corrected chi connectivity index (χ2v) is 6.90. The predicted molar refractivity (Wildman–Crippen MR) is 97.8 cm³/mol. The molecule has 0 saturated carbocycles. The molecule has 0 aromatic heterocycles. The van der Waals surface area contributed by atoms with E-state index >= 15 is 0 Å². The predicted octanol–water partition coefficient (Wildman–Crippen LogP) is 3.82. The minimum atomic E-state index is -0.599. The van der Waals surface area contributed by atoms with Crippen molar-refractivity contribution in [2.45, 2.75) is 33.4 Å². The first kappa shape index (κ1) is 17.3. The minimum absolute atomic E-state index is 0.0218. The molecule has 0 unspecified atom stereocenters. The van der Waals surface area contributed by atoms with E-state index in [0.29, 0.717) is 30.5 Å². The molecule has 4 heteroatoms. The van der Waals surface area contributed by atoms with Crippen LogP contribution in [0.5, 0.6) is 11.5 Å². The summed E-state index contributed by atoms with van der Waals surface area (Å²) in [5.74, 6) is 1.68. The quantitative estimate of drug-likeness (QED) is 0.831. The molecule has 1 aliphatic rings. The summed E-state index contributed by atoms with van der Waals surface area (Å²) in [6.07, 6.45) is -0.599. The lowest BCUT2D eigenvalue weighted by atomic mass is 10.1. The third kappa shape index (κ3) is 4.13. The van der Waals surface area contributed by atoms with E-state index in [0.717, 1.165) is 5.56 Å². The Morgan fingerprint density at radius 2 is 1.80 bits per heavy atom. The van der Waals surface area contributed by atoms with Gasteiger partial charge >= 0.3 is 0 Å². The molecule has 4 nitrogen and oxygen atoms in total. The number of para-hydroxylation sites is 2. The molecular formula is C21H25NO3. The number of nitrogens with zero attached hydrogens (tertiary/aromatic N) is 1. The molecule has 2 aromatic carbocycles. The summed E-state index contributed by atoms with van der Waals surface area (Å²) in [6, 6.07) is 15.6. The van der Waals surface area contributed by atoms with Gasteiger partial charge < -0.3 is 14.4 Å². The highest BCUT2D eigenvalue weighted by atomic mass is 16.6. The largest absolute Gasteiger partial charge is 0.485 e. The Bertz CT molecular complexity index is 741. The van der Waals surface area contributed by atoms with E-state index in [-0.39, 0.29) is 12.5 Å². The van der Waals surface area contributed by atoms with Crippen molar-refractivity contribution >= 4 is 5.91 Å². The number of rotatable bonds is 5. The van der Waals surface area contributed by atoms with Gasteiger partial charge in [0.1, 0.15) is 6.61 Å². The van der Waals surface area contributed by atoms with Crippen molar-refractivity contribution in [2.75, 3.05) is 13.2 Å². The Morgan fingerprint density at radius 3 is 2.52 bits per heavy atom. The highest BCUT2D eigenvalue weighted by Gasteiger charge is 2.31. The van der Waals surface area contributed by atoms with Crippen molar-refractivity contribution in [1.82, 2.24) is 4.90 Å². The molecule has 0 N–H and O–H groups in total. The van der Waals surface area contributed by atoms with Crippen LogP contribution in [0.1, 0.15) is 25.0 Å². The van der Waals surface area contributed by atoms with Crippen molar-refractivity contribution in [2.24, 2.45) is 5.92 Å². The van der Waals surface area contributed by atoms with Crippen LogP contribution >= 0.6 is 0 Å². The first-order valence-corrected chi connectivity index (χ1v) is 8.76.